The van der Waals surface area contributed by atoms with Crippen molar-refractivity contribution in [1.29, 1.82) is 0 Å². The van der Waals surface area contributed by atoms with Gasteiger partial charge in [-0.25, -0.2) is 13.2 Å². The lowest BCUT2D eigenvalue weighted by Crippen LogP contribution is -1.99. The standard InChI is InChI=1S/C7H6F3N.C2H7N.C2H6/c1-3-6(9)4(8)2-5(11)7(3)10;1-3-2;1-2/h2H,11H2,1H3;3H,1-2H3;1-2H3. The van der Waals surface area contributed by atoms with Crippen LogP contribution in [0.4, 0.5) is 18.9 Å². The zero-order valence-electron chi connectivity index (χ0n) is 10.3. The van der Waals surface area contributed by atoms with Gasteiger partial charge in [-0.3, -0.25) is 0 Å². The molecule has 0 heterocycles. The molecule has 0 aliphatic heterocycles. The first-order valence-electron chi connectivity index (χ1n) is 4.93. The van der Waals surface area contributed by atoms with E-state index in [4.69, 9.17) is 5.73 Å². The van der Waals surface area contributed by atoms with Crippen molar-refractivity contribution in [2.75, 3.05) is 19.8 Å². The molecule has 1 aromatic rings. The summed E-state index contributed by atoms with van der Waals surface area (Å²) in [5, 5.41) is 2.75. The van der Waals surface area contributed by atoms with Gasteiger partial charge in [0.2, 0.25) is 0 Å². The quantitative estimate of drug-likeness (QED) is 0.537. The summed E-state index contributed by atoms with van der Waals surface area (Å²) < 4.78 is 37.5. The Kier molecular flexibility index (Phi) is 9.69. The Bertz CT molecular complexity index is 288. The highest BCUT2D eigenvalue weighted by Gasteiger charge is 2.12. The third-order valence-corrected chi connectivity index (χ3v) is 1.40. The van der Waals surface area contributed by atoms with Gasteiger partial charge < -0.3 is 11.1 Å². The zero-order valence-corrected chi connectivity index (χ0v) is 10.3. The van der Waals surface area contributed by atoms with Crippen molar-refractivity contribution in [1.82, 2.24) is 5.32 Å². The molecule has 0 aromatic heterocycles. The number of halogens is 3. The van der Waals surface area contributed by atoms with Gasteiger partial charge in [-0.2, -0.15) is 0 Å². The molecular formula is C11H19F3N2. The van der Waals surface area contributed by atoms with Crippen LogP contribution in [-0.2, 0) is 0 Å². The summed E-state index contributed by atoms with van der Waals surface area (Å²) in [5.41, 5.74) is 4.25. The summed E-state index contributed by atoms with van der Waals surface area (Å²) in [6, 6.07) is 0.623. The number of nitrogen functional groups attached to an aromatic ring is 1. The molecule has 94 valence electrons. The Balaban J connectivity index is 0. The second-order valence-electron chi connectivity index (χ2n) is 2.70. The van der Waals surface area contributed by atoms with Crippen molar-refractivity contribution in [2.45, 2.75) is 20.8 Å². The van der Waals surface area contributed by atoms with Crippen molar-refractivity contribution in [3.8, 4) is 0 Å². The van der Waals surface area contributed by atoms with Gasteiger partial charge >= 0.3 is 0 Å². The van der Waals surface area contributed by atoms with Gasteiger partial charge in [0.05, 0.1) is 5.69 Å². The number of hydrogen-bond donors (Lipinski definition) is 2. The molecule has 0 aliphatic rings. The van der Waals surface area contributed by atoms with Crippen molar-refractivity contribution in [3.63, 3.8) is 0 Å². The first kappa shape index (κ1) is 17.2. The summed E-state index contributed by atoms with van der Waals surface area (Å²) in [6.45, 7) is 5.13. The van der Waals surface area contributed by atoms with Gasteiger partial charge in [-0.05, 0) is 21.0 Å². The normalized spacial score (nSPS) is 8.50. The van der Waals surface area contributed by atoms with E-state index < -0.39 is 17.5 Å². The molecule has 5 heteroatoms. The van der Waals surface area contributed by atoms with Crippen molar-refractivity contribution in [3.05, 3.63) is 29.1 Å². The maximum atomic E-state index is 12.6. The summed E-state index contributed by atoms with van der Waals surface area (Å²) in [5.74, 6) is -3.21. The smallest absolute Gasteiger partial charge is 0.164 e. The van der Waals surface area contributed by atoms with Crippen LogP contribution in [0.25, 0.3) is 0 Å². The van der Waals surface area contributed by atoms with E-state index in [0.29, 0.717) is 6.07 Å². The van der Waals surface area contributed by atoms with Crippen molar-refractivity contribution < 1.29 is 13.2 Å². The van der Waals surface area contributed by atoms with Crippen LogP contribution in [0, 0.1) is 24.4 Å². The minimum atomic E-state index is -1.18. The predicted molar refractivity (Wildman–Crippen MR) is 61.8 cm³/mol. The van der Waals surface area contributed by atoms with Gasteiger partial charge in [0.25, 0.3) is 0 Å². The summed E-state index contributed by atoms with van der Waals surface area (Å²) >= 11 is 0. The third kappa shape index (κ3) is 5.02. The van der Waals surface area contributed by atoms with Crippen LogP contribution in [0.1, 0.15) is 19.4 Å². The molecule has 0 saturated heterocycles. The number of nitrogens with one attached hydrogen (secondary N) is 1. The first-order chi connectivity index (χ1) is 7.45. The molecule has 0 bridgehead atoms. The number of hydrogen-bond acceptors (Lipinski definition) is 2. The molecule has 1 rings (SSSR count). The Morgan fingerprint density at radius 1 is 1.06 bits per heavy atom. The first-order valence-corrected chi connectivity index (χ1v) is 4.93. The lowest BCUT2D eigenvalue weighted by Gasteiger charge is -2.02. The molecule has 0 atom stereocenters. The van der Waals surface area contributed by atoms with E-state index in [1.165, 1.54) is 0 Å². The summed E-state index contributed by atoms with van der Waals surface area (Å²) in [7, 11) is 3.75. The van der Waals surface area contributed by atoms with E-state index >= 15 is 0 Å². The molecule has 0 fully saturated rings. The van der Waals surface area contributed by atoms with E-state index in [1.54, 1.807) is 0 Å². The summed E-state index contributed by atoms with van der Waals surface area (Å²) in [4.78, 5) is 0. The number of rotatable bonds is 0. The molecule has 0 unspecified atom stereocenters. The van der Waals surface area contributed by atoms with Crippen LogP contribution in [-0.4, -0.2) is 14.1 Å². The lowest BCUT2D eigenvalue weighted by atomic mass is 10.2. The fourth-order valence-corrected chi connectivity index (χ4v) is 0.755. The second kappa shape index (κ2) is 9.03. The molecular weight excluding hydrogens is 217 g/mol. The number of benzene rings is 1. The van der Waals surface area contributed by atoms with E-state index in [-0.39, 0.29) is 11.3 Å². The molecule has 3 N–H and O–H groups in total. The van der Waals surface area contributed by atoms with Crippen LogP contribution in [0.15, 0.2) is 6.07 Å². The molecule has 0 spiro atoms. The highest BCUT2D eigenvalue weighted by Crippen LogP contribution is 2.20. The number of nitrogens with two attached hydrogens (primary N) is 1. The van der Waals surface area contributed by atoms with Crippen LogP contribution in [0.2, 0.25) is 0 Å². The molecule has 16 heavy (non-hydrogen) atoms. The third-order valence-electron chi connectivity index (χ3n) is 1.40. The molecule has 1 aromatic carbocycles. The fraction of sp³-hybridized carbons (Fsp3) is 0.455. The van der Waals surface area contributed by atoms with Crippen LogP contribution < -0.4 is 11.1 Å². The van der Waals surface area contributed by atoms with Crippen LogP contribution >= 0.6 is 0 Å². The van der Waals surface area contributed by atoms with E-state index in [9.17, 15) is 13.2 Å². The maximum absolute atomic E-state index is 12.6. The monoisotopic (exact) mass is 236 g/mol. The Morgan fingerprint density at radius 2 is 1.44 bits per heavy atom. The van der Waals surface area contributed by atoms with E-state index in [1.807, 2.05) is 27.9 Å². The van der Waals surface area contributed by atoms with Crippen molar-refractivity contribution in [2.24, 2.45) is 0 Å². The van der Waals surface area contributed by atoms with Gasteiger partial charge in [-0.15, -0.1) is 0 Å². The van der Waals surface area contributed by atoms with Crippen LogP contribution in [0.3, 0.4) is 0 Å². The molecule has 0 saturated carbocycles. The molecule has 0 aliphatic carbocycles. The Morgan fingerprint density at radius 3 is 1.81 bits per heavy atom. The van der Waals surface area contributed by atoms with Gasteiger partial charge in [0.15, 0.2) is 17.5 Å². The zero-order chi connectivity index (χ0) is 13.3. The molecule has 0 amide bonds. The van der Waals surface area contributed by atoms with Crippen molar-refractivity contribution >= 4 is 5.69 Å². The summed E-state index contributed by atoms with van der Waals surface area (Å²) in [6.07, 6.45) is 0. The second-order valence-corrected chi connectivity index (χ2v) is 2.70. The highest BCUT2D eigenvalue weighted by molar-refractivity contribution is 5.43. The minimum Gasteiger partial charge on any atom is -0.396 e. The SMILES string of the molecule is CC.CNC.Cc1c(F)c(N)cc(F)c1F. The largest absolute Gasteiger partial charge is 0.396 e. The predicted octanol–water partition coefficient (Wildman–Crippen LogP) is 2.86. The minimum absolute atomic E-state index is 0.374. The molecule has 0 radical (unpaired) electrons. The Hall–Kier alpha value is -1.23. The lowest BCUT2D eigenvalue weighted by molar-refractivity contribution is 0.488. The van der Waals surface area contributed by atoms with E-state index in [0.717, 1.165) is 6.92 Å². The van der Waals surface area contributed by atoms with Gasteiger partial charge in [-0.1, -0.05) is 13.8 Å². The maximum Gasteiger partial charge on any atom is 0.164 e. The fourth-order valence-electron chi connectivity index (χ4n) is 0.755. The highest BCUT2D eigenvalue weighted by atomic mass is 19.2. The van der Waals surface area contributed by atoms with Gasteiger partial charge in [0.1, 0.15) is 0 Å². The average Bonchev–Trinajstić information content (AvgIpc) is 2.28. The Labute approximate surface area is 94.7 Å². The van der Waals surface area contributed by atoms with Crippen LogP contribution in [0.5, 0.6) is 0 Å². The van der Waals surface area contributed by atoms with E-state index in [2.05, 4.69) is 5.32 Å². The number of anilines is 1. The average molecular weight is 236 g/mol. The topological polar surface area (TPSA) is 38.0 Å². The van der Waals surface area contributed by atoms with Gasteiger partial charge in [0, 0.05) is 11.6 Å². The molecule has 2 nitrogen and oxygen atoms in total.